The van der Waals surface area contributed by atoms with Gasteiger partial charge in [-0.2, -0.15) is 0 Å². The SMILES string of the molecule is CC(=[NH2+])CCCCCC(C)=[NH2+].[Cl-].[Cl-]. The zero-order valence-corrected chi connectivity index (χ0v) is 9.96. The average molecular weight is 227 g/mol. The smallest absolute Gasteiger partial charge is 0.145 e. The molecule has 13 heavy (non-hydrogen) atoms. The molecular weight excluding hydrogens is 207 g/mol. The van der Waals surface area contributed by atoms with Crippen LogP contribution in [-0.4, -0.2) is 11.4 Å². The number of unbranched alkanes of at least 4 members (excludes halogenated alkanes) is 2. The number of hydrogen-bond donors (Lipinski definition) is 2. The van der Waals surface area contributed by atoms with Crippen molar-refractivity contribution in [2.24, 2.45) is 0 Å². The molecule has 0 radical (unpaired) electrons. The summed E-state index contributed by atoms with van der Waals surface area (Å²) >= 11 is 0. The number of halogens is 2. The average Bonchev–Trinajstić information content (AvgIpc) is 1.85. The highest BCUT2D eigenvalue weighted by molar-refractivity contribution is 5.75. The minimum absolute atomic E-state index is 0. The molecule has 0 rings (SSSR count). The maximum atomic E-state index is 5.52. The molecular formula is C9H20Cl2N2. The lowest BCUT2D eigenvalue weighted by atomic mass is 10.1. The number of nitrogens with two attached hydrogens (primary N) is 2. The Morgan fingerprint density at radius 3 is 1.31 bits per heavy atom. The van der Waals surface area contributed by atoms with Crippen LogP contribution in [0.1, 0.15) is 46.0 Å². The molecule has 0 aliphatic heterocycles. The van der Waals surface area contributed by atoms with Crippen LogP contribution in [0.25, 0.3) is 0 Å². The van der Waals surface area contributed by atoms with Crippen molar-refractivity contribution in [3.8, 4) is 0 Å². The van der Waals surface area contributed by atoms with Crippen molar-refractivity contribution >= 4 is 11.4 Å². The Bertz CT molecular complexity index is 131. The van der Waals surface area contributed by atoms with E-state index in [0.29, 0.717) is 0 Å². The molecule has 0 fully saturated rings. The summed E-state index contributed by atoms with van der Waals surface area (Å²) in [4.78, 5) is 0. The van der Waals surface area contributed by atoms with E-state index in [9.17, 15) is 0 Å². The fourth-order valence-corrected chi connectivity index (χ4v) is 0.984. The zero-order chi connectivity index (χ0) is 8.69. The zero-order valence-electron chi connectivity index (χ0n) is 8.45. The van der Waals surface area contributed by atoms with Crippen LogP contribution < -0.4 is 35.6 Å². The molecule has 0 aromatic heterocycles. The van der Waals surface area contributed by atoms with E-state index in [1.165, 1.54) is 19.3 Å². The summed E-state index contributed by atoms with van der Waals surface area (Å²) in [5, 5.41) is 11.0. The standard InChI is InChI=1S/C9H18N2.2ClH/c1-8(10)6-4-3-5-7-9(2)11;;/h10-11H,3-7H2,1-2H3;2*1H. The molecule has 2 nitrogen and oxygen atoms in total. The molecule has 0 unspecified atom stereocenters. The predicted octanol–water partition coefficient (Wildman–Crippen LogP) is -6.62. The highest BCUT2D eigenvalue weighted by Gasteiger charge is 1.96. The van der Waals surface area contributed by atoms with Crippen LogP contribution in [-0.2, 0) is 0 Å². The quantitative estimate of drug-likeness (QED) is 0.335. The third kappa shape index (κ3) is 18.7. The van der Waals surface area contributed by atoms with Gasteiger partial charge in [0.15, 0.2) is 0 Å². The number of hydrogen-bond acceptors (Lipinski definition) is 0. The van der Waals surface area contributed by atoms with Gasteiger partial charge in [-0.3, -0.25) is 10.8 Å². The number of rotatable bonds is 6. The Labute approximate surface area is 93.3 Å². The van der Waals surface area contributed by atoms with Crippen LogP contribution in [0.5, 0.6) is 0 Å². The summed E-state index contributed by atoms with van der Waals surface area (Å²) in [6.45, 7) is 3.95. The van der Waals surface area contributed by atoms with Gasteiger partial charge in [0.1, 0.15) is 11.4 Å². The van der Waals surface area contributed by atoms with Crippen LogP contribution in [0.3, 0.4) is 0 Å². The van der Waals surface area contributed by atoms with E-state index in [2.05, 4.69) is 0 Å². The topological polar surface area (TPSA) is 51.2 Å². The molecule has 0 saturated heterocycles. The summed E-state index contributed by atoms with van der Waals surface area (Å²) in [5.41, 5.74) is 2.08. The van der Waals surface area contributed by atoms with E-state index in [-0.39, 0.29) is 24.8 Å². The maximum Gasteiger partial charge on any atom is 0.145 e. The van der Waals surface area contributed by atoms with Crippen LogP contribution in [0.2, 0.25) is 0 Å². The largest absolute Gasteiger partial charge is 1.00 e. The first-order chi connectivity index (χ1) is 5.13. The van der Waals surface area contributed by atoms with E-state index < -0.39 is 0 Å². The molecule has 0 spiro atoms. The lowest BCUT2D eigenvalue weighted by Crippen LogP contribution is -3.00. The van der Waals surface area contributed by atoms with E-state index in [1.54, 1.807) is 0 Å². The van der Waals surface area contributed by atoms with Crippen LogP contribution in [0.15, 0.2) is 0 Å². The second-order valence-electron chi connectivity index (χ2n) is 3.25. The summed E-state index contributed by atoms with van der Waals surface area (Å²) < 4.78 is 0. The molecule has 80 valence electrons. The Hall–Kier alpha value is -0.0800. The molecule has 4 heteroatoms. The molecule has 0 heterocycles. The third-order valence-electron chi connectivity index (χ3n) is 1.64. The Morgan fingerprint density at radius 1 is 0.769 bits per heavy atom. The normalized spacial score (nSPS) is 8.15. The molecule has 0 aromatic carbocycles. The second-order valence-corrected chi connectivity index (χ2v) is 3.25. The summed E-state index contributed by atoms with van der Waals surface area (Å²) in [6, 6.07) is 0. The van der Waals surface area contributed by atoms with Gasteiger partial charge in [0.25, 0.3) is 0 Å². The van der Waals surface area contributed by atoms with Crippen molar-refractivity contribution in [1.29, 1.82) is 0 Å². The van der Waals surface area contributed by atoms with Crippen molar-refractivity contribution in [1.82, 2.24) is 0 Å². The van der Waals surface area contributed by atoms with Crippen LogP contribution in [0, 0.1) is 0 Å². The molecule has 4 N–H and O–H groups in total. The van der Waals surface area contributed by atoms with Crippen molar-refractivity contribution in [2.45, 2.75) is 46.0 Å². The first-order valence-electron chi connectivity index (χ1n) is 4.28. The summed E-state index contributed by atoms with van der Waals surface area (Å²) in [6.07, 6.45) is 5.77. The molecule has 0 amide bonds. The Kier molecular flexibility index (Phi) is 17.1. The Morgan fingerprint density at radius 2 is 1.08 bits per heavy atom. The van der Waals surface area contributed by atoms with E-state index in [4.69, 9.17) is 10.8 Å². The Balaban J connectivity index is -0.000000500. The molecule has 0 saturated carbocycles. The van der Waals surface area contributed by atoms with Gasteiger partial charge < -0.3 is 24.8 Å². The third-order valence-corrected chi connectivity index (χ3v) is 1.64. The van der Waals surface area contributed by atoms with E-state index in [0.717, 1.165) is 24.3 Å². The monoisotopic (exact) mass is 226 g/mol. The van der Waals surface area contributed by atoms with Gasteiger partial charge >= 0.3 is 0 Å². The van der Waals surface area contributed by atoms with E-state index in [1.807, 2.05) is 13.8 Å². The van der Waals surface area contributed by atoms with Crippen molar-refractivity contribution < 1.29 is 35.6 Å². The molecule has 0 aliphatic rings. The van der Waals surface area contributed by atoms with E-state index >= 15 is 0 Å². The van der Waals surface area contributed by atoms with Crippen molar-refractivity contribution in [3.05, 3.63) is 0 Å². The molecule has 0 aromatic rings. The summed E-state index contributed by atoms with van der Waals surface area (Å²) in [5.74, 6) is 0. The molecule has 0 aliphatic carbocycles. The van der Waals surface area contributed by atoms with Crippen LogP contribution >= 0.6 is 0 Å². The van der Waals surface area contributed by atoms with Crippen LogP contribution in [0.4, 0.5) is 0 Å². The highest BCUT2D eigenvalue weighted by atomic mass is 35.5. The van der Waals surface area contributed by atoms with Gasteiger partial charge in [-0.1, -0.05) is 6.42 Å². The maximum absolute atomic E-state index is 5.52. The minimum Gasteiger partial charge on any atom is -1.00 e. The van der Waals surface area contributed by atoms with Gasteiger partial charge in [-0.05, 0) is 12.8 Å². The fraction of sp³-hybridized carbons (Fsp3) is 0.778. The van der Waals surface area contributed by atoms with Gasteiger partial charge in [0.05, 0.1) is 0 Å². The highest BCUT2D eigenvalue weighted by Crippen LogP contribution is 2.02. The minimum atomic E-state index is 0. The van der Waals surface area contributed by atoms with Gasteiger partial charge in [0, 0.05) is 26.7 Å². The predicted molar refractivity (Wildman–Crippen MR) is 48.3 cm³/mol. The van der Waals surface area contributed by atoms with Gasteiger partial charge in [-0.15, -0.1) is 0 Å². The van der Waals surface area contributed by atoms with Gasteiger partial charge in [0.2, 0.25) is 0 Å². The first-order valence-corrected chi connectivity index (χ1v) is 4.28. The molecule has 0 bridgehead atoms. The summed E-state index contributed by atoms with van der Waals surface area (Å²) in [7, 11) is 0. The van der Waals surface area contributed by atoms with Crippen molar-refractivity contribution in [3.63, 3.8) is 0 Å². The molecule has 0 atom stereocenters. The lowest BCUT2D eigenvalue weighted by molar-refractivity contribution is -0.117. The second kappa shape index (κ2) is 11.9. The van der Waals surface area contributed by atoms with Crippen molar-refractivity contribution in [2.75, 3.05) is 0 Å². The fourth-order valence-electron chi connectivity index (χ4n) is 0.984. The van der Waals surface area contributed by atoms with Gasteiger partial charge in [-0.25, -0.2) is 0 Å². The first kappa shape index (κ1) is 18.7. The lowest BCUT2D eigenvalue weighted by Gasteiger charge is -1.94.